The normalized spacial score (nSPS) is 12.7. The number of para-hydroxylation sites is 1. The fourth-order valence-electron chi connectivity index (χ4n) is 1.96. The summed E-state index contributed by atoms with van der Waals surface area (Å²) in [4.78, 5) is 4.03. The van der Waals surface area contributed by atoms with E-state index < -0.39 is 6.61 Å². The van der Waals surface area contributed by atoms with E-state index in [1.807, 2.05) is 18.5 Å². The molecule has 0 aliphatic heterocycles. The van der Waals surface area contributed by atoms with E-state index in [1.165, 1.54) is 0 Å². The lowest BCUT2D eigenvalue weighted by Crippen LogP contribution is -2.20. The number of nitrogens with zero attached hydrogens (tertiary/aromatic N) is 2. The molecule has 2 aromatic rings. The van der Waals surface area contributed by atoms with Crippen LogP contribution in [0.4, 0.5) is 8.78 Å². The third-order valence-corrected chi connectivity index (χ3v) is 3.11. The number of alkyl halides is 2. The molecule has 0 bridgehead atoms. The number of aromatic nitrogens is 2. The molecule has 4 nitrogen and oxygen atoms in total. The number of hydrogen-bond acceptors (Lipinski definition) is 3. The van der Waals surface area contributed by atoms with Gasteiger partial charge in [-0.2, -0.15) is 8.78 Å². The first kappa shape index (κ1) is 14.5. The minimum atomic E-state index is -2.82. The van der Waals surface area contributed by atoms with Gasteiger partial charge in [-0.15, -0.1) is 0 Å². The van der Waals surface area contributed by atoms with E-state index in [0.717, 1.165) is 5.69 Å². The third-order valence-electron chi connectivity index (χ3n) is 3.11. The van der Waals surface area contributed by atoms with Gasteiger partial charge in [0.15, 0.2) is 0 Å². The molecule has 1 N–H and O–H groups in total. The van der Waals surface area contributed by atoms with Crippen molar-refractivity contribution in [3.05, 3.63) is 48.0 Å². The summed E-state index contributed by atoms with van der Waals surface area (Å²) in [5.74, 6) is 0.201. The van der Waals surface area contributed by atoms with Gasteiger partial charge in [0.2, 0.25) is 0 Å². The molecule has 20 heavy (non-hydrogen) atoms. The Labute approximate surface area is 116 Å². The second-order valence-corrected chi connectivity index (χ2v) is 4.51. The predicted molar refractivity (Wildman–Crippen MR) is 71.5 cm³/mol. The van der Waals surface area contributed by atoms with Gasteiger partial charge in [0.1, 0.15) is 5.75 Å². The molecule has 1 atom stereocenters. The number of imidazole rings is 1. The fraction of sp³-hybridized carbons (Fsp3) is 0.357. The molecule has 1 heterocycles. The van der Waals surface area contributed by atoms with Crippen LogP contribution in [0.5, 0.6) is 5.75 Å². The minimum Gasteiger partial charge on any atom is -0.434 e. The Balaban J connectivity index is 2.05. The van der Waals surface area contributed by atoms with E-state index >= 15 is 0 Å². The molecule has 0 aliphatic rings. The van der Waals surface area contributed by atoms with Crippen LogP contribution in [0.15, 0.2) is 36.8 Å². The Hall–Kier alpha value is -1.95. The molecular weight excluding hydrogens is 264 g/mol. The molecule has 0 radical (unpaired) electrons. The second-order valence-electron chi connectivity index (χ2n) is 4.51. The molecule has 0 fully saturated rings. The van der Waals surface area contributed by atoms with Crippen LogP contribution in [0.3, 0.4) is 0 Å². The van der Waals surface area contributed by atoms with Gasteiger partial charge < -0.3 is 14.6 Å². The summed E-state index contributed by atoms with van der Waals surface area (Å²) in [5, 5.41) is 3.27. The number of ether oxygens (including phenoxy) is 1. The third kappa shape index (κ3) is 3.54. The van der Waals surface area contributed by atoms with Crippen LogP contribution in [0.1, 0.15) is 24.2 Å². The molecule has 0 aliphatic carbocycles. The monoisotopic (exact) mass is 281 g/mol. The Morgan fingerprint density at radius 2 is 2.10 bits per heavy atom. The Kier molecular flexibility index (Phi) is 4.68. The summed E-state index contributed by atoms with van der Waals surface area (Å²) in [5.41, 5.74) is 1.72. The van der Waals surface area contributed by atoms with E-state index in [9.17, 15) is 8.78 Å². The van der Waals surface area contributed by atoms with Gasteiger partial charge in [-0.05, 0) is 13.0 Å². The zero-order valence-corrected chi connectivity index (χ0v) is 11.4. The molecule has 0 saturated heterocycles. The molecular formula is C14H17F2N3O. The highest BCUT2D eigenvalue weighted by Gasteiger charge is 2.14. The number of rotatable bonds is 6. The lowest BCUT2D eigenvalue weighted by molar-refractivity contribution is -0.0506. The van der Waals surface area contributed by atoms with Crippen LogP contribution >= 0.6 is 0 Å². The molecule has 0 amide bonds. The van der Waals surface area contributed by atoms with Gasteiger partial charge in [-0.25, -0.2) is 4.98 Å². The number of aryl methyl sites for hydroxylation is 1. The van der Waals surface area contributed by atoms with Crippen molar-refractivity contribution in [2.24, 2.45) is 7.05 Å². The van der Waals surface area contributed by atoms with E-state index in [1.54, 1.807) is 36.8 Å². The van der Waals surface area contributed by atoms with Gasteiger partial charge >= 0.3 is 6.61 Å². The highest BCUT2D eigenvalue weighted by molar-refractivity contribution is 5.35. The minimum absolute atomic E-state index is 0.111. The number of halogens is 2. The van der Waals surface area contributed by atoms with Crippen molar-refractivity contribution in [3.8, 4) is 5.75 Å². The van der Waals surface area contributed by atoms with Gasteiger partial charge in [-0.1, -0.05) is 18.2 Å². The quantitative estimate of drug-likeness (QED) is 0.885. The lowest BCUT2D eigenvalue weighted by Gasteiger charge is -2.18. The molecule has 6 heteroatoms. The van der Waals surface area contributed by atoms with Crippen molar-refractivity contribution in [1.29, 1.82) is 0 Å². The van der Waals surface area contributed by atoms with Crippen molar-refractivity contribution in [3.63, 3.8) is 0 Å². The molecule has 0 saturated carbocycles. The maximum atomic E-state index is 12.4. The first-order valence-corrected chi connectivity index (χ1v) is 6.30. The maximum absolute atomic E-state index is 12.4. The first-order valence-electron chi connectivity index (χ1n) is 6.30. The zero-order chi connectivity index (χ0) is 14.5. The summed E-state index contributed by atoms with van der Waals surface area (Å²) in [6.07, 6.45) is 3.48. The van der Waals surface area contributed by atoms with Crippen LogP contribution in [-0.2, 0) is 13.6 Å². The first-order chi connectivity index (χ1) is 9.58. The van der Waals surface area contributed by atoms with Crippen molar-refractivity contribution in [2.75, 3.05) is 0 Å². The van der Waals surface area contributed by atoms with Crippen molar-refractivity contribution in [1.82, 2.24) is 14.9 Å². The molecule has 0 spiro atoms. The number of hydrogen-bond donors (Lipinski definition) is 1. The van der Waals surface area contributed by atoms with E-state index in [0.29, 0.717) is 12.1 Å². The van der Waals surface area contributed by atoms with Crippen molar-refractivity contribution < 1.29 is 13.5 Å². The Morgan fingerprint density at radius 1 is 1.35 bits per heavy atom. The van der Waals surface area contributed by atoms with E-state index in [4.69, 9.17) is 0 Å². The number of nitrogens with one attached hydrogen (secondary N) is 1. The highest BCUT2D eigenvalue weighted by Crippen LogP contribution is 2.26. The van der Waals surface area contributed by atoms with Crippen molar-refractivity contribution >= 4 is 0 Å². The van der Waals surface area contributed by atoms with Gasteiger partial charge in [0.25, 0.3) is 0 Å². The summed E-state index contributed by atoms with van der Waals surface area (Å²) in [7, 11) is 1.91. The van der Waals surface area contributed by atoms with Crippen LogP contribution in [0.25, 0.3) is 0 Å². The standard InChI is InChI=1S/C14H17F2N3O/c1-10(18-8-11-7-17-9-19(11)2)12-5-3-4-6-13(12)20-14(15)16/h3-7,9-10,14,18H,8H2,1-2H3. The highest BCUT2D eigenvalue weighted by atomic mass is 19.3. The average Bonchev–Trinajstić information content (AvgIpc) is 2.81. The smallest absolute Gasteiger partial charge is 0.387 e. The molecule has 1 aromatic heterocycles. The maximum Gasteiger partial charge on any atom is 0.387 e. The molecule has 1 unspecified atom stereocenters. The van der Waals surface area contributed by atoms with E-state index in [2.05, 4.69) is 15.0 Å². The molecule has 2 rings (SSSR count). The fourth-order valence-corrected chi connectivity index (χ4v) is 1.96. The Morgan fingerprint density at radius 3 is 2.75 bits per heavy atom. The number of benzene rings is 1. The van der Waals surface area contributed by atoms with Crippen LogP contribution < -0.4 is 10.1 Å². The molecule has 108 valence electrons. The van der Waals surface area contributed by atoms with Crippen LogP contribution in [0.2, 0.25) is 0 Å². The predicted octanol–water partition coefficient (Wildman–Crippen LogP) is 2.87. The van der Waals surface area contributed by atoms with Crippen LogP contribution in [0, 0.1) is 0 Å². The zero-order valence-electron chi connectivity index (χ0n) is 11.4. The Bertz CT molecular complexity index is 557. The summed E-state index contributed by atoms with van der Waals surface area (Å²) in [6, 6.07) is 6.69. The lowest BCUT2D eigenvalue weighted by atomic mass is 10.1. The molecule has 1 aromatic carbocycles. The van der Waals surface area contributed by atoms with Gasteiger partial charge in [-0.3, -0.25) is 0 Å². The van der Waals surface area contributed by atoms with Gasteiger partial charge in [0.05, 0.1) is 12.0 Å². The van der Waals surface area contributed by atoms with Gasteiger partial charge in [0, 0.05) is 31.4 Å². The average molecular weight is 281 g/mol. The largest absolute Gasteiger partial charge is 0.434 e. The van der Waals surface area contributed by atoms with E-state index in [-0.39, 0.29) is 11.8 Å². The summed E-state index contributed by atoms with van der Waals surface area (Å²) >= 11 is 0. The topological polar surface area (TPSA) is 39.1 Å². The van der Waals surface area contributed by atoms with Crippen molar-refractivity contribution in [2.45, 2.75) is 26.1 Å². The second kappa shape index (κ2) is 6.47. The summed E-state index contributed by atoms with van der Waals surface area (Å²) < 4.78 is 31.2. The summed E-state index contributed by atoms with van der Waals surface area (Å²) in [6.45, 7) is -0.314. The van der Waals surface area contributed by atoms with Crippen LogP contribution in [-0.4, -0.2) is 16.2 Å². The SMILES string of the molecule is CC(NCc1cncn1C)c1ccccc1OC(F)F.